The van der Waals surface area contributed by atoms with Crippen molar-refractivity contribution in [2.24, 2.45) is 0 Å². The highest BCUT2D eigenvalue weighted by molar-refractivity contribution is 6.04. The molecule has 5 amide bonds. The van der Waals surface area contributed by atoms with Gasteiger partial charge in [0.1, 0.15) is 18.9 Å². The quantitative estimate of drug-likeness (QED) is 0.590. The van der Waals surface area contributed by atoms with E-state index in [9.17, 15) is 23.6 Å². The average Bonchev–Trinajstić information content (AvgIpc) is 2.88. The molecule has 2 N–H and O–H groups in total. The van der Waals surface area contributed by atoms with Gasteiger partial charge < -0.3 is 20.0 Å². The second kappa shape index (κ2) is 8.34. The van der Waals surface area contributed by atoms with Gasteiger partial charge in [-0.15, -0.1) is 0 Å². The number of nitrogens with zero attached hydrogens (tertiary/aromatic N) is 3. The van der Waals surface area contributed by atoms with Gasteiger partial charge in [0.2, 0.25) is 5.91 Å². The minimum Gasteiger partial charge on any atom is -0.330 e. The normalized spacial score (nSPS) is 18.0. The number of quaternary nitrogens is 1. The van der Waals surface area contributed by atoms with E-state index >= 15 is 0 Å². The van der Waals surface area contributed by atoms with E-state index in [1.165, 1.54) is 30.1 Å². The fourth-order valence-electron chi connectivity index (χ4n) is 3.31. The molecule has 10 heteroatoms. The largest absolute Gasteiger partial charge is 0.330 e. The third-order valence-corrected chi connectivity index (χ3v) is 4.87. The number of amides is 5. The summed E-state index contributed by atoms with van der Waals surface area (Å²) in [6, 6.07) is 5.23. The second-order valence-corrected chi connectivity index (χ2v) is 6.98. The Morgan fingerprint density at radius 3 is 2.54 bits per heavy atom. The molecule has 0 unspecified atom stereocenters. The smallest absolute Gasteiger partial charge is 0.327 e. The van der Waals surface area contributed by atoms with Crippen LogP contribution in [0.3, 0.4) is 0 Å². The van der Waals surface area contributed by atoms with Crippen molar-refractivity contribution in [3.63, 3.8) is 0 Å². The first-order valence-corrected chi connectivity index (χ1v) is 9.05. The van der Waals surface area contributed by atoms with Gasteiger partial charge >= 0.3 is 6.03 Å². The van der Waals surface area contributed by atoms with Crippen molar-refractivity contribution in [3.8, 4) is 0 Å². The molecule has 3 rings (SSSR count). The van der Waals surface area contributed by atoms with E-state index < -0.39 is 11.8 Å². The third-order valence-electron chi connectivity index (χ3n) is 4.87. The Morgan fingerprint density at radius 2 is 1.93 bits per heavy atom. The first kappa shape index (κ1) is 19.7. The summed E-state index contributed by atoms with van der Waals surface area (Å²) in [6.07, 6.45) is 0. The third kappa shape index (κ3) is 4.63. The highest BCUT2D eigenvalue weighted by atomic mass is 19.1. The molecule has 2 fully saturated rings. The summed E-state index contributed by atoms with van der Waals surface area (Å²) >= 11 is 0. The number of halogens is 1. The predicted octanol–water partition coefficient (Wildman–Crippen LogP) is -1.61. The van der Waals surface area contributed by atoms with E-state index in [0.717, 1.165) is 9.80 Å². The van der Waals surface area contributed by atoms with E-state index in [2.05, 4.69) is 5.32 Å². The number of likely N-dealkylation sites (N-methyl/N-ethyl adjacent to an activating group) is 1. The Bertz CT molecular complexity index is 794. The number of nitrogens with one attached hydrogen (secondary N) is 2. The molecule has 2 aliphatic rings. The van der Waals surface area contributed by atoms with Gasteiger partial charge in [0, 0.05) is 12.7 Å². The number of hydrogen-bond acceptors (Lipinski definition) is 4. The molecular weight excluding hydrogens is 369 g/mol. The van der Waals surface area contributed by atoms with Crippen LogP contribution < -0.4 is 10.2 Å². The maximum absolute atomic E-state index is 13.2. The summed E-state index contributed by atoms with van der Waals surface area (Å²) in [7, 11) is 1.52. The Hall–Kier alpha value is -3.01. The molecule has 0 spiro atoms. The van der Waals surface area contributed by atoms with Crippen LogP contribution in [0.1, 0.15) is 0 Å². The molecule has 28 heavy (non-hydrogen) atoms. The molecule has 0 aliphatic carbocycles. The van der Waals surface area contributed by atoms with Crippen molar-refractivity contribution in [2.75, 3.05) is 58.2 Å². The molecule has 0 bridgehead atoms. The Labute approximate surface area is 161 Å². The minimum atomic E-state index is -0.461. The van der Waals surface area contributed by atoms with E-state index in [1.54, 1.807) is 11.0 Å². The molecule has 150 valence electrons. The molecule has 0 aromatic heterocycles. The van der Waals surface area contributed by atoms with Crippen LogP contribution >= 0.6 is 0 Å². The van der Waals surface area contributed by atoms with Gasteiger partial charge in [-0.2, -0.15) is 0 Å². The van der Waals surface area contributed by atoms with Gasteiger partial charge in [-0.25, -0.2) is 9.18 Å². The molecule has 1 aromatic carbocycles. The number of imide groups is 1. The average molecular weight is 392 g/mol. The van der Waals surface area contributed by atoms with Crippen LogP contribution in [0.2, 0.25) is 0 Å². The number of hydrogen-bond donors (Lipinski definition) is 2. The number of rotatable bonds is 5. The lowest BCUT2D eigenvalue weighted by Crippen LogP contribution is -3.15. The van der Waals surface area contributed by atoms with Crippen molar-refractivity contribution in [1.82, 2.24) is 14.7 Å². The summed E-state index contributed by atoms with van der Waals surface area (Å²) in [5.41, 5.74) is 0.406. The van der Waals surface area contributed by atoms with Crippen molar-refractivity contribution < 1.29 is 28.5 Å². The van der Waals surface area contributed by atoms with E-state index in [1.807, 2.05) is 0 Å². The van der Waals surface area contributed by atoms with Crippen LogP contribution in [-0.4, -0.2) is 91.3 Å². The van der Waals surface area contributed by atoms with Gasteiger partial charge in [0.15, 0.2) is 6.54 Å². The first-order valence-electron chi connectivity index (χ1n) is 9.05. The summed E-state index contributed by atoms with van der Waals surface area (Å²) in [4.78, 5) is 53.0. The highest BCUT2D eigenvalue weighted by Crippen LogP contribution is 2.09. The fourth-order valence-corrected chi connectivity index (χ4v) is 3.31. The van der Waals surface area contributed by atoms with Crippen LogP contribution in [0, 0.1) is 5.82 Å². The van der Waals surface area contributed by atoms with Crippen LogP contribution in [0.15, 0.2) is 24.3 Å². The zero-order valence-electron chi connectivity index (χ0n) is 15.6. The molecule has 0 radical (unpaired) electrons. The van der Waals surface area contributed by atoms with Gasteiger partial charge in [-0.1, -0.05) is 6.07 Å². The highest BCUT2D eigenvalue weighted by Gasteiger charge is 2.36. The standard InChI is InChI=1S/C18H22FN5O4/c1-21-11-17(27)24(18(21)28)12-16(26)23-7-5-22(6-8-23)10-15(25)20-14-4-2-3-13(19)9-14/h2-4,9H,5-8,10-12H2,1H3,(H,20,25)/p+1. The monoisotopic (exact) mass is 392 g/mol. The lowest BCUT2D eigenvalue weighted by atomic mass is 10.3. The topological polar surface area (TPSA) is 94.5 Å². The number of carbonyl (C=O) groups is 4. The molecule has 2 aliphatic heterocycles. The fraction of sp³-hybridized carbons (Fsp3) is 0.444. The number of anilines is 1. The Morgan fingerprint density at radius 1 is 1.21 bits per heavy atom. The Kier molecular flexibility index (Phi) is 5.88. The predicted molar refractivity (Wildman–Crippen MR) is 96.9 cm³/mol. The summed E-state index contributed by atoms with van der Waals surface area (Å²) in [5, 5.41) is 2.66. The SMILES string of the molecule is CN1CC(=O)N(CC(=O)N2CC[NH+](CC(=O)Nc3cccc(F)c3)CC2)C1=O. The lowest BCUT2D eigenvalue weighted by Gasteiger charge is -2.32. The Balaban J connectivity index is 1.44. The second-order valence-electron chi connectivity index (χ2n) is 6.98. The van der Waals surface area contributed by atoms with Crippen molar-refractivity contribution in [2.45, 2.75) is 0 Å². The maximum atomic E-state index is 13.2. The van der Waals surface area contributed by atoms with E-state index in [4.69, 9.17) is 0 Å². The van der Waals surface area contributed by atoms with Crippen molar-refractivity contribution in [1.29, 1.82) is 0 Å². The van der Waals surface area contributed by atoms with Crippen molar-refractivity contribution >= 4 is 29.4 Å². The summed E-state index contributed by atoms with van der Waals surface area (Å²) < 4.78 is 13.2. The van der Waals surface area contributed by atoms with Crippen LogP contribution in [0.25, 0.3) is 0 Å². The van der Waals surface area contributed by atoms with Gasteiger partial charge in [-0.3, -0.25) is 19.3 Å². The molecule has 0 saturated carbocycles. The van der Waals surface area contributed by atoms with Gasteiger partial charge in [0.25, 0.3) is 11.8 Å². The zero-order chi connectivity index (χ0) is 20.3. The maximum Gasteiger partial charge on any atom is 0.327 e. The van der Waals surface area contributed by atoms with Crippen LogP contribution in [0.4, 0.5) is 14.9 Å². The molecule has 2 heterocycles. The molecule has 0 atom stereocenters. The molecular formula is C18H23FN5O4+. The first-order chi connectivity index (χ1) is 13.3. The van der Waals surface area contributed by atoms with E-state index in [-0.39, 0.29) is 37.4 Å². The summed E-state index contributed by atoms with van der Waals surface area (Å²) in [6.45, 7) is 1.98. The van der Waals surface area contributed by atoms with Crippen LogP contribution in [-0.2, 0) is 14.4 Å². The molecule has 9 nitrogen and oxygen atoms in total. The van der Waals surface area contributed by atoms with Gasteiger partial charge in [-0.05, 0) is 18.2 Å². The summed E-state index contributed by atoms with van der Waals surface area (Å²) in [5.74, 6) is -1.30. The number of piperazine rings is 1. The zero-order valence-corrected chi connectivity index (χ0v) is 15.6. The number of carbonyl (C=O) groups excluding carboxylic acids is 4. The molecule has 1 aromatic rings. The van der Waals surface area contributed by atoms with Crippen LogP contribution in [0.5, 0.6) is 0 Å². The lowest BCUT2D eigenvalue weighted by molar-refractivity contribution is -0.895. The van der Waals surface area contributed by atoms with Crippen molar-refractivity contribution in [3.05, 3.63) is 30.1 Å². The molecule has 2 saturated heterocycles. The van der Waals surface area contributed by atoms with Gasteiger partial charge in [0.05, 0.1) is 26.2 Å². The minimum absolute atomic E-state index is 0.00946. The number of benzene rings is 1. The van der Waals surface area contributed by atoms with E-state index in [0.29, 0.717) is 31.9 Å². The number of urea groups is 1.